The Morgan fingerprint density at radius 1 is 1.25 bits per heavy atom. The molecule has 0 amide bonds. The molecule has 0 atom stereocenters. The molecule has 9 heteroatoms. The lowest BCUT2D eigenvalue weighted by Gasteiger charge is -2.21. The lowest BCUT2D eigenvalue weighted by atomic mass is 10.2. The zero-order chi connectivity index (χ0) is 17.3. The second-order valence-electron chi connectivity index (χ2n) is 5.90. The Morgan fingerprint density at radius 3 is 2.67 bits per heavy atom. The molecule has 0 unspecified atom stereocenters. The van der Waals surface area contributed by atoms with Crippen LogP contribution >= 0.6 is 22.9 Å². The van der Waals surface area contributed by atoms with Crippen LogP contribution in [-0.2, 0) is 16.6 Å². The third-order valence-electron chi connectivity index (χ3n) is 4.25. The minimum Gasteiger partial charge on any atom is -0.361 e. The maximum atomic E-state index is 12.7. The monoisotopic (exact) mass is 389 g/mol. The van der Waals surface area contributed by atoms with E-state index in [-0.39, 0.29) is 0 Å². The molecular weight excluding hydrogens is 370 g/mol. The summed E-state index contributed by atoms with van der Waals surface area (Å²) < 4.78 is 33.0. The fourth-order valence-corrected chi connectivity index (χ4v) is 5.97. The van der Waals surface area contributed by atoms with Crippen molar-refractivity contribution in [2.45, 2.75) is 31.0 Å². The number of sulfonamides is 1. The SMILES string of the molecule is Cc1noc(C)c1CN1CCCN(S(=O)(=O)c2ccc(Cl)s2)CC1. The van der Waals surface area contributed by atoms with Gasteiger partial charge in [-0.2, -0.15) is 4.31 Å². The zero-order valence-electron chi connectivity index (χ0n) is 13.7. The van der Waals surface area contributed by atoms with Gasteiger partial charge in [-0.3, -0.25) is 4.90 Å². The Morgan fingerprint density at radius 2 is 2.04 bits per heavy atom. The first-order chi connectivity index (χ1) is 11.4. The van der Waals surface area contributed by atoms with Gasteiger partial charge in [0.2, 0.25) is 0 Å². The van der Waals surface area contributed by atoms with Gasteiger partial charge in [0.1, 0.15) is 9.97 Å². The predicted molar refractivity (Wildman–Crippen MR) is 94.0 cm³/mol. The van der Waals surface area contributed by atoms with Crippen molar-refractivity contribution in [1.82, 2.24) is 14.4 Å². The van der Waals surface area contributed by atoms with E-state index in [0.29, 0.717) is 28.2 Å². The summed E-state index contributed by atoms with van der Waals surface area (Å²) in [5.74, 6) is 0.828. The Labute approximate surface area is 151 Å². The van der Waals surface area contributed by atoms with Crippen LogP contribution in [0.3, 0.4) is 0 Å². The van der Waals surface area contributed by atoms with Gasteiger partial charge in [-0.05, 0) is 38.9 Å². The van der Waals surface area contributed by atoms with Gasteiger partial charge in [0.25, 0.3) is 10.0 Å². The van der Waals surface area contributed by atoms with Crippen LogP contribution in [0.25, 0.3) is 0 Å². The number of aryl methyl sites for hydroxylation is 2. The quantitative estimate of drug-likeness (QED) is 0.804. The summed E-state index contributed by atoms with van der Waals surface area (Å²) in [6, 6.07) is 3.20. The van der Waals surface area contributed by atoms with E-state index in [2.05, 4.69) is 10.1 Å². The van der Waals surface area contributed by atoms with Crippen molar-refractivity contribution in [2.24, 2.45) is 0 Å². The van der Waals surface area contributed by atoms with E-state index in [0.717, 1.165) is 47.9 Å². The highest BCUT2D eigenvalue weighted by atomic mass is 35.5. The van der Waals surface area contributed by atoms with Crippen molar-refractivity contribution < 1.29 is 12.9 Å². The third-order valence-corrected chi connectivity index (χ3v) is 7.85. The van der Waals surface area contributed by atoms with E-state index >= 15 is 0 Å². The highest BCUT2D eigenvalue weighted by Gasteiger charge is 2.28. The van der Waals surface area contributed by atoms with Crippen LogP contribution in [0.4, 0.5) is 0 Å². The zero-order valence-corrected chi connectivity index (χ0v) is 16.0. The maximum Gasteiger partial charge on any atom is 0.252 e. The summed E-state index contributed by atoms with van der Waals surface area (Å²) in [4.78, 5) is 2.25. The largest absolute Gasteiger partial charge is 0.361 e. The molecule has 1 fully saturated rings. The van der Waals surface area contributed by atoms with Crippen LogP contribution in [0.5, 0.6) is 0 Å². The second-order valence-corrected chi connectivity index (χ2v) is 9.77. The van der Waals surface area contributed by atoms with E-state index in [1.807, 2.05) is 13.8 Å². The number of halogens is 1. The molecule has 0 aliphatic carbocycles. The molecule has 0 saturated carbocycles. The fraction of sp³-hybridized carbons (Fsp3) is 0.533. The summed E-state index contributed by atoms with van der Waals surface area (Å²) in [6.07, 6.45) is 0.793. The molecule has 0 spiro atoms. The van der Waals surface area contributed by atoms with Gasteiger partial charge in [0.05, 0.1) is 10.0 Å². The minimum atomic E-state index is -3.46. The minimum absolute atomic E-state index is 0.312. The molecule has 0 radical (unpaired) electrons. The van der Waals surface area contributed by atoms with Crippen molar-refractivity contribution in [2.75, 3.05) is 26.2 Å². The van der Waals surface area contributed by atoms with Gasteiger partial charge in [-0.25, -0.2) is 8.42 Å². The highest BCUT2D eigenvalue weighted by molar-refractivity contribution is 7.91. The Balaban J connectivity index is 1.69. The number of thiophene rings is 1. The van der Waals surface area contributed by atoms with Gasteiger partial charge in [0, 0.05) is 31.7 Å². The predicted octanol–water partition coefficient (Wildman–Crippen LogP) is 2.90. The molecular formula is C15H20ClN3O3S2. The van der Waals surface area contributed by atoms with Crippen LogP contribution in [0.2, 0.25) is 4.34 Å². The number of rotatable bonds is 4. The van der Waals surface area contributed by atoms with Gasteiger partial charge in [-0.15, -0.1) is 11.3 Å². The smallest absolute Gasteiger partial charge is 0.252 e. The fourth-order valence-electron chi connectivity index (χ4n) is 2.86. The van der Waals surface area contributed by atoms with Crippen molar-refractivity contribution in [1.29, 1.82) is 0 Å². The molecule has 1 aliphatic rings. The van der Waals surface area contributed by atoms with E-state index in [1.54, 1.807) is 16.4 Å². The molecule has 0 aromatic carbocycles. The standard InChI is InChI=1S/C15H20ClN3O3S2/c1-11-13(12(2)22-17-11)10-18-6-3-7-19(9-8-18)24(20,21)15-5-4-14(16)23-15/h4-5H,3,6-10H2,1-2H3. The Hall–Kier alpha value is -0.930. The first-order valence-electron chi connectivity index (χ1n) is 7.77. The molecule has 6 nitrogen and oxygen atoms in total. The van der Waals surface area contributed by atoms with Crippen molar-refractivity contribution >= 4 is 33.0 Å². The molecule has 3 heterocycles. The first kappa shape index (κ1) is 17.9. The second kappa shape index (κ2) is 7.13. The average Bonchev–Trinajstić information content (AvgIpc) is 3.00. The van der Waals surface area contributed by atoms with Crippen LogP contribution < -0.4 is 0 Å². The Kier molecular flexibility index (Phi) is 5.31. The lowest BCUT2D eigenvalue weighted by molar-refractivity contribution is 0.276. The molecule has 2 aromatic rings. The molecule has 2 aromatic heterocycles. The van der Waals surface area contributed by atoms with E-state index in [1.165, 1.54) is 0 Å². The van der Waals surface area contributed by atoms with E-state index in [9.17, 15) is 8.42 Å². The highest BCUT2D eigenvalue weighted by Crippen LogP contribution is 2.28. The number of hydrogen-bond acceptors (Lipinski definition) is 6. The van der Waals surface area contributed by atoms with Crippen LogP contribution in [0.15, 0.2) is 20.9 Å². The summed E-state index contributed by atoms with van der Waals surface area (Å²) in [6.45, 7) is 7.10. The lowest BCUT2D eigenvalue weighted by Crippen LogP contribution is -2.34. The number of nitrogens with zero attached hydrogens (tertiary/aromatic N) is 3. The van der Waals surface area contributed by atoms with Crippen molar-refractivity contribution in [3.63, 3.8) is 0 Å². The molecule has 1 saturated heterocycles. The molecule has 1 aliphatic heterocycles. The maximum absolute atomic E-state index is 12.7. The van der Waals surface area contributed by atoms with Crippen LogP contribution in [-0.4, -0.2) is 49.0 Å². The first-order valence-corrected chi connectivity index (χ1v) is 10.4. The number of aromatic nitrogens is 1. The molecule has 0 bridgehead atoms. The summed E-state index contributed by atoms with van der Waals surface area (Å²) in [5.41, 5.74) is 1.99. The van der Waals surface area contributed by atoms with E-state index < -0.39 is 10.0 Å². The molecule has 3 rings (SSSR count). The van der Waals surface area contributed by atoms with Gasteiger partial charge < -0.3 is 4.52 Å². The van der Waals surface area contributed by atoms with Crippen molar-refractivity contribution in [3.8, 4) is 0 Å². The summed E-state index contributed by atoms with van der Waals surface area (Å²) in [5, 5.41) is 3.98. The van der Waals surface area contributed by atoms with Crippen LogP contribution in [0, 0.1) is 13.8 Å². The summed E-state index contributed by atoms with van der Waals surface area (Å²) in [7, 11) is -3.46. The van der Waals surface area contributed by atoms with E-state index in [4.69, 9.17) is 16.1 Å². The average molecular weight is 390 g/mol. The molecule has 0 N–H and O–H groups in total. The molecule has 132 valence electrons. The van der Waals surface area contributed by atoms with Gasteiger partial charge in [0.15, 0.2) is 0 Å². The topological polar surface area (TPSA) is 66.7 Å². The number of hydrogen-bond donors (Lipinski definition) is 0. The molecule has 24 heavy (non-hydrogen) atoms. The normalized spacial score (nSPS) is 18.0. The Bertz CT molecular complexity index is 796. The summed E-state index contributed by atoms with van der Waals surface area (Å²) >= 11 is 6.99. The third kappa shape index (κ3) is 3.67. The van der Waals surface area contributed by atoms with Gasteiger partial charge in [-0.1, -0.05) is 16.8 Å². The van der Waals surface area contributed by atoms with Crippen LogP contribution in [0.1, 0.15) is 23.4 Å². The van der Waals surface area contributed by atoms with Crippen molar-refractivity contribution in [3.05, 3.63) is 33.5 Å². The van der Waals surface area contributed by atoms with Gasteiger partial charge >= 0.3 is 0 Å².